The molecule has 0 atom stereocenters. The summed E-state index contributed by atoms with van der Waals surface area (Å²) in [5, 5.41) is 5.46. The fourth-order valence-electron chi connectivity index (χ4n) is 2.24. The Morgan fingerprint density at radius 3 is 2.67 bits per heavy atom. The molecule has 0 saturated carbocycles. The van der Waals surface area contributed by atoms with Crippen molar-refractivity contribution in [3.05, 3.63) is 35.3 Å². The molecule has 2 heterocycles. The van der Waals surface area contributed by atoms with Crippen LogP contribution in [0.1, 0.15) is 35.6 Å². The fraction of sp³-hybridized carbons (Fsp3) is 0.400. The van der Waals surface area contributed by atoms with Crippen LogP contribution < -0.4 is 10.6 Å². The van der Waals surface area contributed by atoms with E-state index in [9.17, 15) is 9.59 Å². The van der Waals surface area contributed by atoms with E-state index >= 15 is 0 Å². The van der Waals surface area contributed by atoms with Gasteiger partial charge in [-0.05, 0) is 25.0 Å². The van der Waals surface area contributed by atoms with E-state index in [-0.39, 0.29) is 11.8 Å². The maximum Gasteiger partial charge on any atom is 0.270 e. The van der Waals surface area contributed by atoms with Crippen LogP contribution >= 0.6 is 0 Å². The standard InChI is InChI=1S/C15H20N4O2/c1-4-12-13(15(21)17-8-7-16-11(3)20)19-9-5-6-10(2)14(19)18-12/h5-6,9H,4,7-8H2,1-3H3,(H,16,20)(H,17,21). The van der Waals surface area contributed by atoms with Crippen molar-refractivity contribution in [3.63, 3.8) is 0 Å². The number of pyridine rings is 1. The summed E-state index contributed by atoms with van der Waals surface area (Å²) in [5.41, 5.74) is 3.19. The van der Waals surface area contributed by atoms with Crippen LogP contribution in [0.4, 0.5) is 0 Å². The van der Waals surface area contributed by atoms with Crippen LogP contribution in [0.2, 0.25) is 0 Å². The number of fused-ring (bicyclic) bond motifs is 1. The summed E-state index contributed by atoms with van der Waals surface area (Å²) in [7, 11) is 0. The lowest BCUT2D eigenvalue weighted by molar-refractivity contribution is -0.118. The molecule has 0 aliphatic heterocycles. The molecule has 6 heteroatoms. The zero-order valence-electron chi connectivity index (χ0n) is 12.6. The smallest absolute Gasteiger partial charge is 0.270 e. The maximum atomic E-state index is 12.4. The quantitative estimate of drug-likeness (QED) is 0.808. The van der Waals surface area contributed by atoms with Crippen molar-refractivity contribution in [2.45, 2.75) is 27.2 Å². The van der Waals surface area contributed by atoms with Gasteiger partial charge < -0.3 is 10.6 Å². The van der Waals surface area contributed by atoms with Gasteiger partial charge in [0.05, 0.1) is 5.69 Å². The molecule has 0 aliphatic rings. The minimum Gasteiger partial charge on any atom is -0.355 e. The molecular weight excluding hydrogens is 268 g/mol. The molecule has 2 amide bonds. The monoisotopic (exact) mass is 288 g/mol. The Labute approximate surface area is 123 Å². The van der Waals surface area contributed by atoms with Gasteiger partial charge in [-0.3, -0.25) is 14.0 Å². The molecule has 21 heavy (non-hydrogen) atoms. The number of nitrogens with zero attached hydrogens (tertiary/aromatic N) is 2. The van der Waals surface area contributed by atoms with Gasteiger partial charge in [-0.2, -0.15) is 0 Å². The highest BCUT2D eigenvalue weighted by atomic mass is 16.2. The molecule has 2 aromatic heterocycles. The van der Waals surface area contributed by atoms with E-state index in [1.807, 2.05) is 36.6 Å². The molecule has 6 nitrogen and oxygen atoms in total. The number of aromatic nitrogens is 2. The van der Waals surface area contributed by atoms with Gasteiger partial charge in [0.25, 0.3) is 5.91 Å². The van der Waals surface area contributed by atoms with E-state index < -0.39 is 0 Å². The highest BCUT2D eigenvalue weighted by molar-refractivity contribution is 5.94. The molecule has 0 aliphatic carbocycles. The average Bonchev–Trinajstić information content (AvgIpc) is 2.83. The number of nitrogens with one attached hydrogen (secondary N) is 2. The summed E-state index contributed by atoms with van der Waals surface area (Å²) in [6, 6.07) is 3.87. The Kier molecular flexibility index (Phi) is 4.57. The Morgan fingerprint density at radius 1 is 1.29 bits per heavy atom. The van der Waals surface area contributed by atoms with Crippen molar-refractivity contribution in [2.75, 3.05) is 13.1 Å². The average molecular weight is 288 g/mol. The number of carbonyl (C=O) groups excluding carboxylic acids is 2. The highest BCUT2D eigenvalue weighted by Gasteiger charge is 2.18. The van der Waals surface area contributed by atoms with Gasteiger partial charge in [0.1, 0.15) is 11.3 Å². The number of carbonyl (C=O) groups is 2. The third-order valence-corrected chi connectivity index (χ3v) is 3.25. The summed E-state index contributed by atoms with van der Waals surface area (Å²) >= 11 is 0. The number of rotatable bonds is 5. The molecule has 112 valence electrons. The molecule has 0 radical (unpaired) electrons. The van der Waals surface area contributed by atoms with Gasteiger partial charge in [-0.15, -0.1) is 0 Å². The first-order valence-electron chi connectivity index (χ1n) is 7.03. The lowest BCUT2D eigenvalue weighted by atomic mass is 10.2. The molecule has 0 fully saturated rings. The van der Waals surface area contributed by atoms with Crippen LogP contribution in [0.5, 0.6) is 0 Å². The van der Waals surface area contributed by atoms with E-state index in [0.717, 1.165) is 16.9 Å². The van der Waals surface area contributed by atoms with Crippen LogP contribution in [0.3, 0.4) is 0 Å². The van der Waals surface area contributed by atoms with Crippen molar-refractivity contribution >= 4 is 17.5 Å². The van der Waals surface area contributed by atoms with E-state index in [1.165, 1.54) is 6.92 Å². The number of imidazole rings is 1. The molecule has 2 N–H and O–H groups in total. The predicted octanol–water partition coefficient (Wildman–Crippen LogP) is 1.07. The van der Waals surface area contributed by atoms with Crippen LogP contribution in [0, 0.1) is 6.92 Å². The van der Waals surface area contributed by atoms with Gasteiger partial charge in [0.15, 0.2) is 0 Å². The second kappa shape index (κ2) is 6.39. The highest BCUT2D eigenvalue weighted by Crippen LogP contribution is 2.16. The van der Waals surface area contributed by atoms with E-state index in [2.05, 4.69) is 15.6 Å². The summed E-state index contributed by atoms with van der Waals surface area (Å²) in [4.78, 5) is 27.7. The minimum absolute atomic E-state index is 0.107. The van der Waals surface area contributed by atoms with Gasteiger partial charge >= 0.3 is 0 Å². The molecule has 0 unspecified atom stereocenters. The van der Waals surface area contributed by atoms with Crippen LogP contribution in [-0.4, -0.2) is 34.3 Å². The third-order valence-electron chi connectivity index (χ3n) is 3.25. The van der Waals surface area contributed by atoms with E-state index in [1.54, 1.807) is 0 Å². The number of aryl methyl sites for hydroxylation is 2. The van der Waals surface area contributed by atoms with Crippen LogP contribution in [0.25, 0.3) is 5.65 Å². The maximum absolute atomic E-state index is 12.4. The second-order valence-corrected chi connectivity index (χ2v) is 4.88. The first kappa shape index (κ1) is 15.0. The molecule has 0 spiro atoms. The molecule has 2 rings (SSSR count). The van der Waals surface area contributed by atoms with E-state index in [0.29, 0.717) is 25.2 Å². The first-order valence-corrected chi connectivity index (χ1v) is 7.03. The Morgan fingerprint density at radius 2 is 2.00 bits per heavy atom. The number of amides is 2. The largest absolute Gasteiger partial charge is 0.355 e. The third kappa shape index (κ3) is 3.21. The Hall–Kier alpha value is -2.37. The SMILES string of the molecule is CCc1nc2c(C)cccn2c1C(=O)NCCNC(C)=O. The van der Waals surface area contributed by atoms with Gasteiger partial charge in [0.2, 0.25) is 5.91 Å². The molecular formula is C15H20N4O2. The minimum atomic E-state index is -0.171. The molecule has 0 bridgehead atoms. The first-order chi connectivity index (χ1) is 10.0. The zero-order valence-corrected chi connectivity index (χ0v) is 12.6. The van der Waals surface area contributed by atoms with Gasteiger partial charge in [-0.25, -0.2) is 4.98 Å². The van der Waals surface area contributed by atoms with Gasteiger partial charge in [-0.1, -0.05) is 13.0 Å². The predicted molar refractivity (Wildman–Crippen MR) is 80.3 cm³/mol. The Balaban J connectivity index is 2.22. The fourth-order valence-corrected chi connectivity index (χ4v) is 2.24. The second-order valence-electron chi connectivity index (χ2n) is 4.88. The molecule has 0 saturated heterocycles. The molecule has 0 aromatic carbocycles. The van der Waals surface area contributed by atoms with Crippen molar-refractivity contribution in [2.24, 2.45) is 0 Å². The van der Waals surface area contributed by atoms with Gasteiger partial charge in [0, 0.05) is 26.2 Å². The summed E-state index contributed by atoms with van der Waals surface area (Å²) in [6.45, 7) is 6.20. The summed E-state index contributed by atoms with van der Waals surface area (Å²) in [5.74, 6) is -0.278. The summed E-state index contributed by atoms with van der Waals surface area (Å²) < 4.78 is 1.82. The topological polar surface area (TPSA) is 75.5 Å². The number of hydrogen-bond acceptors (Lipinski definition) is 3. The van der Waals surface area contributed by atoms with Crippen LogP contribution in [-0.2, 0) is 11.2 Å². The lowest BCUT2D eigenvalue weighted by Crippen LogP contribution is -2.34. The normalized spacial score (nSPS) is 10.6. The lowest BCUT2D eigenvalue weighted by Gasteiger charge is -2.07. The zero-order chi connectivity index (χ0) is 15.4. The van der Waals surface area contributed by atoms with Crippen molar-refractivity contribution < 1.29 is 9.59 Å². The number of hydrogen-bond donors (Lipinski definition) is 2. The molecule has 2 aromatic rings. The summed E-state index contributed by atoms with van der Waals surface area (Å²) in [6.07, 6.45) is 2.53. The van der Waals surface area contributed by atoms with Crippen molar-refractivity contribution in [1.82, 2.24) is 20.0 Å². The van der Waals surface area contributed by atoms with Crippen LogP contribution in [0.15, 0.2) is 18.3 Å². The van der Waals surface area contributed by atoms with E-state index in [4.69, 9.17) is 0 Å². The Bertz CT molecular complexity index is 676. The van der Waals surface area contributed by atoms with Crippen molar-refractivity contribution in [3.8, 4) is 0 Å². The van der Waals surface area contributed by atoms with Crippen molar-refractivity contribution in [1.29, 1.82) is 0 Å².